The molecule has 0 radical (unpaired) electrons. The lowest BCUT2D eigenvalue weighted by atomic mass is 10.2. The van der Waals surface area contributed by atoms with Crippen molar-refractivity contribution in [3.8, 4) is 5.75 Å². The van der Waals surface area contributed by atoms with Crippen molar-refractivity contribution < 1.29 is 9.53 Å². The average Bonchev–Trinajstić information content (AvgIpc) is 3.12. The zero-order chi connectivity index (χ0) is 20.9. The number of imidazole rings is 1. The van der Waals surface area contributed by atoms with E-state index in [0.717, 1.165) is 33.9 Å². The first-order chi connectivity index (χ1) is 14.7. The lowest BCUT2D eigenvalue weighted by Gasteiger charge is -2.22. The van der Waals surface area contributed by atoms with Crippen molar-refractivity contribution in [1.82, 2.24) is 9.55 Å². The lowest BCUT2D eigenvalue weighted by molar-refractivity contribution is -0.119. The maximum Gasteiger partial charge on any atom is 0.246 e. The van der Waals surface area contributed by atoms with Gasteiger partial charge < -0.3 is 14.2 Å². The van der Waals surface area contributed by atoms with Crippen LogP contribution in [0.4, 0.5) is 5.69 Å². The van der Waals surface area contributed by atoms with Crippen LogP contribution in [-0.2, 0) is 17.9 Å². The molecule has 0 saturated carbocycles. The van der Waals surface area contributed by atoms with Crippen molar-refractivity contribution in [3.63, 3.8) is 0 Å². The predicted octanol–water partition coefficient (Wildman–Crippen LogP) is 4.98. The van der Waals surface area contributed by atoms with Crippen LogP contribution in [0, 0.1) is 6.92 Å². The molecule has 4 aromatic rings. The van der Waals surface area contributed by atoms with Gasteiger partial charge in [0.2, 0.25) is 5.91 Å². The molecule has 0 N–H and O–H groups in total. The number of para-hydroxylation sites is 4. The molecule has 3 aromatic carbocycles. The molecule has 0 saturated heterocycles. The number of carbonyl (C=O) groups excluding carboxylic acids is 1. The van der Waals surface area contributed by atoms with Gasteiger partial charge in [0.25, 0.3) is 0 Å². The van der Waals surface area contributed by atoms with E-state index >= 15 is 0 Å². The highest BCUT2D eigenvalue weighted by molar-refractivity contribution is 5.94. The van der Waals surface area contributed by atoms with Crippen LogP contribution in [-0.4, -0.2) is 22.0 Å². The first-order valence-corrected chi connectivity index (χ1v) is 10.2. The molecule has 0 bridgehead atoms. The Kier molecular flexibility index (Phi) is 5.80. The first kappa shape index (κ1) is 19.7. The van der Waals surface area contributed by atoms with Gasteiger partial charge in [0, 0.05) is 12.2 Å². The minimum Gasteiger partial charge on any atom is -0.485 e. The van der Waals surface area contributed by atoms with Crippen LogP contribution >= 0.6 is 0 Å². The smallest absolute Gasteiger partial charge is 0.246 e. The molecule has 0 spiro atoms. The quantitative estimate of drug-likeness (QED) is 0.440. The highest BCUT2D eigenvalue weighted by Gasteiger charge is 2.19. The molecular weight excluding hydrogens is 374 g/mol. The largest absolute Gasteiger partial charge is 0.485 e. The van der Waals surface area contributed by atoms with Gasteiger partial charge in [0.15, 0.2) is 0 Å². The molecule has 0 fully saturated rings. The fraction of sp³-hybridized carbons (Fsp3) is 0.200. The highest BCUT2D eigenvalue weighted by Crippen LogP contribution is 2.22. The summed E-state index contributed by atoms with van der Waals surface area (Å²) in [6.45, 7) is 5.10. The molecule has 1 aromatic heterocycles. The Labute approximate surface area is 176 Å². The van der Waals surface area contributed by atoms with Gasteiger partial charge >= 0.3 is 0 Å². The minimum atomic E-state index is 0.0176. The molecule has 0 unspecified atom stereocenters. The molecular formula is C25H25N3O2. The van der Waals surface area contributed by atoms with Crippen LogP contribution in [0.2, 0.25) is 0 Å². The van der Waals surface area contributed by atoms with E-state index < -0.39 is 0 Å². The van der Waals surface area contributed by atoms with Gasteiger partial charge in [-0.25, -0.2) is 4.98 Å². The number of fused-ring (bicyclic) bond motifs is 1. The van der Waals surface area contributed by atoms with Gasteiger partial charge in [-0.1, -0.05) is 48.5 Å². The third-order valence-electron chi connectivity index (χ3n) is 5.16. The summed E-state index contributed by atoms with van der Waals surface area (Å²) in [4.78, 5) is 19.7. The van der Waals surface area contributed by atoms with E-state index in [0.29, 0.717) is 13.2 Å². The van der Waals surface area contributed by atoms with Crippen LogP contribution in [0.1, 0.15) is 18.3 Å². The van der Waals surface area contributed by atoms with E-state index in [2.05, 4.69) is 0 Å². The maximum absolute atomic E-state index is 13.2. The third-order valence-corrected chi connectivity index (χ3v) is 5.16. The molecule has 4 rings (SSSR count). The molecule has 30 heavy (non-hydrogen) atoms. The SMILES string of the molecule is CCN(C(=O)Cn1c(COc2ccccc2C)nc2ccccc21)c1ccccc1. The fourth-order valence-electron chi connectivity index (χ4n) is 3.60. The summed E-state index contributed by atoms with van der Waals surface area (Å²) in [6.07, 6.45) is 0. The van der Waals surface area contributed by atoms with E-state index in [1.54, 1.807) is 4.90 Å². The first-order valence-electron chi connectivity index (χ1n) is 10.2. The number of likely N-dealkylation sites (N-methyl/N-ethyl adjacent to an activating group) is 1. The van der Waals surface area contributed by atoms with Crippen molar-refractivity contribution >= 4 is 22.6 Å². The second-order valence-electron chi connectivity index (χ2n) is 7.13. The Hall–Kier alpha value is -3.60. The topological polar surface area (TPSA) is 47.4 Å². The summed E-state index contributed by atoms with van der Waals surface area (Å²) in [5.74, 6) is 1.57. The van der Waals surface area contributed by atoms with Crippen molar-refractivity contribution in [2.24, 2.45) is 0 Å². The van der Waals surface area contributed by atoms with Crippen molar-refractivity contribution in [2.75, 3.05) is 11.4 Å². The van der Waals surface area contributed by atoms with Gasteiger partial charge in [-0.3, -0.25) is 4.79 Å². The third kappa shape index (κ3) is 4.06. The number of amides is 1. The predicted molar refractivity (Wildman–Crippen MR) is 120 cm³/mol. The zero-order valence-electron chi connectivity index (χ0n) is 17.3. The average molecular weight is 399 g/mol. The number of rotatable bonds is 7. The molecule has 0 aliphatic rings. The van der Waals surface area contributed by atoms with Crippen LogP contribution < -0.4 is 9.64 Å². The number of ether oxygens (including phenoxy) is 1. The van der Waals surface area contributed by atoms with Crippen molar-refractivity contribution in [1.29, 1.82) is 0 Å². The zero-order valence-corrected chi connectivity index (χ0v) is 17.3. The normalized spacial score (nSPS) is 10.9. The Morgan fingerprint density at radius 1 is 0.967 bits per heavy atom. The molecule has 5 nitrogen and oxygen atoms in total. The number of anilines is 1. The van der Waals surface area contributed by atoms with Gasteiger partial charge in [-0.2, -0.15) is 0 Å². The molecule has 152 valence electrons. The van der Waals surface area contributed by atoms with E-state index in [4.69, 9.17) is 9.72 Å². The molecule has 5 heteroatoms. The van der Waals surface area contributed by atoms with E-state index in [-0.39, 0.29) is 12.5 Å². The number of hydrogen-bond acceptors (Lipinski definition) is 3. The number of benzene rings is 3. The Morgan fingerprint density at radius 3 is 2.43 bits per heavy atom. The van der Waals surface area contributed by atoms with Gasteiger partial charge in [-0.05, 0) is 49.7 Å². The van der Waals surface area contributed by atoms with Gasteiger partial charge in [0.1, 0.15) is 24.7 Å². The van der Waals surface area contributed by atoms with Crippen molar-refractivity contribution in [2.45, 2.75) is 27.0 Å². The van der Waals surface area contributed by atoms with Gasteiger partial charge in [-0.15, -0.1) is 0 Å². The minimum absolute atomic E-state index is 0.0176. The van der Waals surface area contributed by atoms with Gasteiger partial charge in [0.05, 0.1) is 11.0 Å². The second kappa shape index (κ2) is 8.82. The van der Waals surface area contributed by atoms with E-state index in [9.17, 15) is 4.79 Å². The molecule has 1 heterocycles. The Balaban J connectivity index is 1.63. The Bertz CT molecular complexity index is 1150. The van der Waals surface area contributed by atoms with Crippen LogP contribution in [0.25, 0.3) is 11.0 Å². The lowest BCUT2D eigenvalue weighted by Crippen LogP contribution is -2.34. The summed E-state index contributed by atoms with van der Waals surface area (Å²) in [5, 5.41) is 0. The number of carbonyl (C=O) groups is 1. The summed E-state index contributed by atoms with van der Waals surface area (Å²) < 4.78 is 8.00. The van der Waals surface area contributed by atoms with Crippen LogP contribution in [0.15, 0.2) is 78.9 Å². The summed E-state index contributed by atoms with van der Waals surface area (Å²) in [6, 6.07) is 25.5. The Morgan fingerprint density at radius 2 is 1.67 bits per heavy atom. The molecule has 0 atom stereocenters. The number of hydrogen-bond donors (Lipinski definition) is 0. The maximum atomic E-state index is 13.2. The standard InChI is InChI=1S/C25H25N3O2/c1-3-27(20-12-5-4-6-13-20)25(29)17-28-22-15-9-8-14-21(22)26-24(28)18-30-23-16-10-7-11-19(23)2/h4-16H,3,17-18H2,1-2H3. The van der Waals surface area contributed by atoms with Crippen LogP contribution in [0.3, 0.4) is 0 Å². The second-order valence-corrected chi connectivity index (χ2v) is 7.13. The summed E-state index contributed by atoms with van der Waals surface area (Å²) in [5.41, 5.74) is 3.75. The fourth-order valence-corrected chi connectivity index (χ4v) is 3.60. The number of nitrogens with zero attached hydrogens (tertiary/aromatic N) is 3. The molecule has 0 aliphatic heterocycles. The molecule has 0 aliphatic carbocycles. The van der Waals surface area contributed by atoms with E-state index in [1.165, 1.54) is 0 Å². The van der Waals surface area contributed by atoms with Crippen LogP contribution in [0.5, 0.6) is 5.75 Å². The number of aromatic nitrogens is 2. The summed E-state index contributed by atoms with van der Waals surface area (Å²) >= 11 is 0. The monoisotopic (exact) mass is 399 g/mol. The highest BCUT2D eigenvalue weighted by atomic mass is 16.5. The summed E-state index contributed by atoms with van der Waals surface area (Å²) in [7, 11) is 0. The van der Waals surface area contributed by atoms with E-state index in [1.807, 2.05) is 97.3 Å². The molecule has 1 amide bonds. The number of aryl methyl sites for hydroxylation is 1. The van der Waals surface area contributed by atoms with Crippen molar-refractivity contribution in [3.05, 3.63) is 90.3 Å².